The van der Waals surface area contributed by atoms with E-state index >= 15 is 0 Å². The minimum atomic E-state index is -0.328. The molecule has 0 aromatic heterocycles. The number of aliphatic hydroxyl groups excluding tert-OH is 1. The van der Waals surface area contributed by atoms with E-state index in [0.717, 1.165) is 10.2 Å². The Morgan fingerprint density at radius 2 is 2.17 bits per heavy atom. The lowest BCUT2D eigenvalue weighted by Crippen LogP contribution is -2.53. The Balaban J connectivity index is 1.64. The van der Waals surface area contributed by atoms with Gasteiger partial charge in [0.25, 0.3) is 0 Å². The van der Waals surface area contributed by atoms with E-state index in [1.54, 1.807) is 4.90 Å². The lowest BCUT2D eigenvalue weighted by molar-refractivity contribution is -0.141. The molecule has 0 spiro atoms. The highest BCUT2D eigenvalue weighted by Crippen LogP contribution is 2.23. The number of hydrogen-bond acceptors (Lipinski definition) is 3. The van der Waals surface area contributed by atoms with Gasteiger partial charge in [-0.25, -0.2) is 0 Å². The molecule has 1 aliphatic heterocycles. The normalized spacial score (nSPS) is 15.3. The van der Waals surface area contributed by atoms with Crippen molar-refractivity contribution in [3.8, 4) is 5.75 Å². The molecule has 1 amide bonds. The molecule has 1 saturated heterocycles. The first kappa shape index (κ1) is 13.4. The van der Waals surface area contributed by atoms with Crippen LogP contribution in [0.2, 0.25) is 0 Å². The number of aliphatic hydroxyl groups is 1. The monoisotopic (exact) mass is 313 g/mol. The standard InChI is InChI=1S/C13H16BrNO3/c14-11-4-1-2-5-12(11)18-7-3-6-13(17)15-8-10(16)9-15/h1-2,4-5,10,16H,3,6-9H2. The number of nitrogens with zero attached hydrogens (tertiary/aromatic N) is 1. The predicted molar refractivity (Wildman–Crippen MR) is 71.5 cm³/mol. The van der Waals surface area contributed by atoms with Crippen molar-refractivity contribution in [2.45, 2.75) is 18.9 Å². The summed E-state index contributed by atoms with van der Waals surface area (Å²) in [7, 11) is 0. The van der Waals surface area contributed by atoms with Crippen LogP contribution < -0.4 is 4.74 Å². The molecule has 1 aromatic carbocycles. The molecule has 4 nitrogen and oxygen atoms in total. The van der Waals surface area contributed by atoms with Crippen molar-refractivity contribution in [2.24, 2.45) is 0 Å². The molecular formula is C13H16BrNO3. The first-order chi connectivity index (χ1) is 8.66. The number of amides is 1. The van der Waals surface area contributed by atoms with Gasteiger partial charge in [-0.1, -0.05) is 12.1 Å². The van der Waals surface area contributed by atoms with Gasteiger partial charge in [-0.05, 0) is 34.5 Å². The third-order valence-electron chi connectivity index (χ3n) is 2.84. The first-order valence-electron chi connectivity index (χ1n) is 6.00. The SMILES string of the molecule is O=C(CCCOc1ccccc1Br)N1CC(O)C1. The van der Waals surface area contributed by atoms with Gasteiger partial charge >= 0.3 is 0 Å². The van der Waals surface area contributed by atoms with Crippen molar-refractivity contribution in [2.75, 3.05) is 19.7 Å². The van der Waals surface area contributed by atoms with Gasteiger partial charge in [0.15, 0.2) is 0 Å². The zero-order valence-electron chi connectivity index (χ0n) is 10.0. The van der Waals surface area contributed by atoms with Crippen LogP contribution in [0.4, 0.5) is 0 Å². The van der Waals surface area contributed by atoms with Crippen LogP contribution >= 0.6 is 15.9 Å². The van der Waals surface area contributed by atoms with E-state index in [2.05, 4.69) is 15.9 Å². The number of halogens is 1. The number of benzene rings is 1. The molecule has 1 aromatic rings. The maximum absolute atomic E-state index is 11.6. The summed E-state index contributed by atoms with van der Waals surface area (Å²) >= 11 is 3.40. The molecule has 1 heterocycles. The van der Waals surface area contributed by atoms with Gasteiger partial charge in [-0.15, -0.1) is 0 Å². The molecule has 0 bridgehead atoms. The second-order valence-electron chi connectivity index (χ2n) is 4.33. The molecule has 0 aliphatic carbocycles. The zero-order chi connectivity index (χ0) is 13.0. The van der Waals surface area contributed by atoms with E-state index in [4.69, 9.17) is 9.84 Å². The van der Waals surface area contributed by atoms with E-state index in [-0.39, 0.29) is 12.0 Å². The van der Waals surface area contributed by atoms with Crippen molar-refractivity contribution in [1.29, 1.82) is 0 Å². The number of rotatable bonds is 5. The van der Waals surface area contributed by atoms with Crippen LogP contribution in [0, 0.1) is 0 Å². The fourth-order valence-corrected chi connectivity index (χ4v) is 2.18. The molecule has 18 heavy (non-hydrogen) atoms. The van der Waals surface area contributed by atoms with Crippen molar-refractivity contribution in [3.63, 3.8) is 0 Å². The largest absolute Gasteiger partial charge is 0.492 e. The minimum absolute atomic E-state index is 0.0935. The van der Waals surface area contributed by atoms with Crippen LogP contribution in [0.3, 0.4) is 0 Å². The van der Waals surface area contributed by atoms with E-state index in [1.807, 2.05) is 24.3 Å². The number of carbonyl (C=O) groups excluding carboxylic acids is 1. The summed E-state index contributed by atoms with van der Waals surface area (Å²) in [5.41, 5.74) is 0. The van der Waals surface area contributed by atoms with Crippen LogP contribution in [-0.4, -0.2) is 41.7 Å². The molecule has 1 N–H and O–H groups in total. The molecule has 5 heteroatoms. The van der Waals surface area contributed by atoms with Gasteiger partial charge < -0.3 is 14.7 Å². The number of ether oxygens (including phenoxy) is 1. The first-order valence-corrected chi connectivity index (χ1v) is 6.79. The Labute approximate surface area is 115 Å². The van der Waals surface area contributed by atoms with Gasteiger partial charge in [0.1, 0.15) is 5.75 Å². The van der Waals surface area contributed by atoms with Crippen LogP contribution in [0.1, 0.15) is 12.8 Å². The van der Waals surface area contributed by atoms with Crippen molar-refractivity contribution in [3.05, 3.63) is 28.7 Å². The smallest absolute Gasteiger partial charge is 0.222 e. The Morgan fingerprint density at radius 1 is 1.44 bits per heavy atom. The Morgan fingerprint density at radius 3 is 2.83 bits per heavy atom. The average Bonchev–Trinajstić information content (AvgIpc) is 2.32. The maximum Gasteiger partial charge on any atom is 0.222 e. The van der Waals surface area contributed by atoms with Crippen LogP contribution in [0.15, 0.2) is 28.7 Å². The highest BCUT2D eigenvalue weighted by Gasteiger charge is 2.27. The topological polar surface area (TPSA) is 49.8 Å². The van der Waals surface area contributed by atoms with E-state index in [0.29, 0.717) is 32.5 Å². The third-order valence-corrected chi connectivity index (χ3v) is 3.50. The fourth-order valence-electron chi connectivity index (χ4n) is 1.78. The summed E-state index contributed by atoms with van der Waals surface area (Å²) in [6, 6.07) is 7.64. The highest BCUT2D eigenvalue weighted by atomic mass is 79.9. The van der Waals surface area contributed by atoms with Gasteiger partial charge in [0.2, 0.25) is 5.91 Å². The minimum Gasteiger partial charge on any atom is -0.492 e. The summed E-state index contributed by atoms with van der Waals surface area (Å²) in [5, 5.41) is 9.09. The van der Waals surface area contributed by atoms with Crippen LogP contribution in [0.25, 0.3) is 0 Å². The molecule has 2 rings (SSSR count). The van der Waals surface area contributed by atoms with E-state index < -0.39 is 0 Å². The quantitative estimate of drug-likeness (QED) is 0.843. The van der Waals surface area contributed by atoms with Crippen LogP contribution in [0.5, 0.6) is 5.75 Å². The van der Waals surface area contributed by atoms with E-state index in [9.17, 15) is 4.79 Å². The fraction of sp³-hybridized carbons (Fsp3) is 0.462. The Bertz CT molecular complexity index is 418. The average molecular weight is 314 g/mol. The summed E-state index contributed by atoms with van der Waals surface area (Å²) in [6.07, 6.45) is 0.828. The highest BCUT2D eigenvalue weighted by molar-refractivity contribution is 9.10. The third kappa shape index (κ3) is 3.46. The molecule has 98 valence electrons. The van der Waals surface area contributed by atoms with Gasteiger partial charge in [0, 0.05) is 19.5 Å². The number of carbonyl (C=O) groups is 1. The van der Waals surface area contributed by atoms with E-state index in [1.165, 1.54) is 0 Å². The molecular weight excluding hydrogens is 298 g/mol. The maximum atomic E-state index is 11.6. The van der Waals surface area contributed by atoms with Crippen molar-refractivity contribution >= 4 is 21.8 Å². The second-order valence-corrected chi connectivity index (χ2v) is 5.19. The lowest BCUT2D eigenvalue weighted by atomic mass is 10.1. The molecule has 0 radical (unpaired) electrons. The summed E-state index contributed by atoms with van der Waals surface area (Å²) in [6.45, 7) is 1.47. The second kappa shape index (κ2) is 6.20. The van der Waals surface area contributed by atoms with Crippen molar-refractivity contribution in [1.82, 2.24) is 4.90 Å². The Hall–Kier alpha value is -1.07. The Kier molecular flexibility index (Phi) is 4.60. The molecule has 1 fully saturated rings. The van der Waals surface area contributed by atoms with Gasteiger partial charge in [-0.3, -0.25) is 4.79 Å². The number of β-amino-alcohol motifs (C(OH)–C–C–N with tert-alkyl or cyclic N) is 1. The van der Waals surface area contributed by atoms with Crippen molar-refractivity contribution < 1.29 is 14.6 Å². The van der Waals surface area contributed by atoms with Gasteiger partial charge in [0.05, 0.1) is 17.2 Å². The number of hydrogen-bond donors (Lipinski definition) is 1. The zero-order valence-corrected chi connectivity index (χ0v) is 11.6. The van der Waals surface area contributed by atoms with Gasteiger partial charge in [-0.2, -0.15) is 0 Å². The predicted octanol–water partition coefficient (Wildman–Crippen LogP) is 1.81. The number of likely N-dealkylation sites (tertiary alicyclic amines) is 1. The molecule has 0 unspecified atom stereocenters. The van der Waals surface area contributed by atoms with Crippen LogP contribution in [-0.2, 0) is 4.79 Å². The molecule has 1 aliphatic rings. The number of para-hydroxylation sites is 1. The molecule has 0 saturated carbocycles. The lowest BCUT2D eigenvalue weighted by Gasteiger charge is -2.35. The summed E-state index contributed by atoms with van der Waals surface area (Å²) in [5.74, 6) is 0.889. The summed E-state index contributed by atoms with van der Waals surface area (Å²) < 4.78 is 6.49. The summed E-state index contributed by atoms with van der Waals surface area (Å²) in [4.78, 5) is 13.3. The molecule has 0 atom stereocenters.